The van der Waals surface area contributed by atoms with E-state index < -0.39 is 11.9 Å². The van der Waals surface area contributed by atoms with Crippen molar-refractivity contribution in [3.63, 3.8) is 0 Å². The molecule has 0 amide bonds. The lowest BCUT2D eigenvalue weighted by atomic mass is 9.95. The Bertz CT molecular complexity index is 1270. The average Bonchev–Trinajstić information content (AvgIpc) is 3.15. The van der Waals surface area contributed by atoms with Crippen molar-refractivity contribution in [1.82, 2.24) is 19.7 Å². The van der Waals surface area contributed by atoms with Gasteiger partial charge < -0.3 is 14.8 Å². The van der Waals surface area contributed by atoms with Crippen LogP contribution in [0, 0.1) is 11.3 Å². The summed E-state index contributed by atoms with van der Waals surface area (Å²) in [7, 11) is 3.37. The average molecular weight is 600 g/mol. The Labute approximate surface area is 224 Å². The molecule has 1 saturated carbocycles. The van der Waals surface area contributed by atoms with E-state index in [1.54, 1.807) is 18.8 Å². The third-order valence-electron chi connectivity index (χ3n) is 7.05. The van der Waals surface area contributed by atoms with Crippen LogP contribution in [0.5, 0.6) is 0 Å². The first-order valence-corrected chi connectivity index (χ1v) is 14.2. The summed E-state index contributed by atoms with van der Waals surface area (Å²) in [6, 6.07) is 10.1. The third-order valence-corrected chi connectivity index (χ3v) is 9.84. The molecule has 12 heteroatoms. The topological polar surface area (TPSA) is 69.8 Å². The highest BCUT2D eigenvalue weighted by atomic mass is 79.9. The normalized spacial score (nSPS) is 21.6. The van der Waals surface area contributed by atoms with E-state index in [1.165, 1.54) is 18.1 Å². The van der Waals surface area contributed by atoms with Crippen LogP contribution in [0.2, 0.25) is 0 Å². The number of thioether (sulfide) groups is 1. The highest BCUT2D eigenvalue weighted by Crippen LogP contribution is 2.59. The largest absolute Gasteiger partial charge is 0.433 e. The molecule has 2 atom stereocenters. The standard InChI is InChI=1S/C24H26BrF3N6S2/c1-30-21-17(19(29)24(26,27)28)10-18(36-21)20-31-32-22(33(20)2)35-9-3-8-34-12-15-11-23(15,13-34)14-4-6-16(25)7-5-14/h4-7,10,15,29-30H,3,8-9,11-13H2,1-2H3. The van der Waals surface area contributed by atoms with Gasteiger partial charge in [-0.05, 0) is 49.1 Å². The molecule has 1 aromatic carbocycles. The van der Waals surface area contributed by atoms with E-state index in [0.29, 0.717) is 16.1 Å². The summed E-state index contributed by atoms with van der Waals surface area (Å²) in [6.07, 6.45) is -2.41. The monoisotopic (exact) mass is 598 g/mol. The maximum absolute atomic E-state index is 13.1. The van der Waals surface area contributed by atoms with Crippen molar-refractivity contribution >= 4 is 49.7 Å². The van der Waals surface area contributed by atoms with Gasteiger partial charge in [-0.2, -0.15) is 13.2 Å². The van der Waals surface area contributed by atoms with E-state index >= 15 is 0 Å². The number of hydrogen-bond donors (Lipinski definition) is 2. The summed E-state index contributed by atoms with van der Waals surface area (Å²) in [5.74, 6) is 2.13. The molecule has 36 heavy (non-hydrogen) atoms. The number of hydrogen-bond acceptors (Lipinski definition) is 7. The number of anilines is 1. The van der Waals surface area contributed by atoms with Gasteiger partial charge in [-0.3, -0.25) is 5.41 Å². The second kappa shape index (κ2) is 9.77. The molecule has 0 spiro atoms. The van der Waals surface area contributed by atoms with E-state index in [4.69, 9.17) is 5.41 Å². The van der Waals surface area contributed by atoms with Crippen LogP contribution in [0.15, 0.2) is 40.0 Å². The molecular weight excluding hydrogens is 573 g/mol. The molecule has 5 rings (SSSR count). The molecule has 2 aromatic heterocycles. The third kappa shape index (κ3) is 4.84. The van der Waals surface area contributed by atoms with Crippen LogP contribution in [0.25, 0.3) is 10.7 Å². The Morgan fingerprint density at radius 3 is 2.75 bits per heavy atom. The van der Waals surface area contributed by atoms with Crippen LogP contribution in [-0.2, 0) is 12.5 Å². The quantitative estimate of drug-likeness (QED) is 0.179. The number of piperidine rings is 1. The first-order chi connectivity index (χ1) is 17.1. The lowest BCUT2D eigenvalue weighted by molar-refractivity contribution is -0.0587. The molecule has 1 aliphatic carbocycles. The van der Waals surface area contributed by atoms with Gasteiger partial charge in [0.15, 0.2) is 11.0 Å². The summed E-state index contributed by atoms with van der Waals surface area (Å²) in [5, 5.41) is 19.8. The van der Waals surface area contributed by atoms with Gasteiger partial charge in [0.25, 0.3) is 0 Å². The molecular formula is C24H26BrF3N6S2. The van der Waals surface area contributed by atoms with E-state index in [9.17, 15) is 13.2 Å². The van der Waals surface area contributed by atoms with Crippen LogP contribution >= 0.6 is 39.0 Å². The van der Waals surface area contributed by atoms with E-state index in [-0.39, 0.29) is 10.6 Å². The summed E-state index contributed by atoms with van der Waals surface area (Å²) in [4.78, 5) is 3.10. The SMILES string of the molecule is CNc1sc(-c2nnc(SCCCN3CC4CC4(c4ccc(Br)cc4)C3)n2C)cc1C(=N)C(F)(F)F. The van der Waals surface area contributed by atoms with Gasteiger partial charge in [-0.1, -0.05) is 39.8 Å². The summed E-state index contributed by atoms with van der Waals surface area (Å²) in [5.41, 5.74) is 0.239. The zero-order valence-corrected chi connectivity index (χ0v) is 23.0. The van der Waals surface area contributed by atoms with Gasteiger partial charge in [0.05, 0.1) is 9.88 Å². The molecule has 6 nitrogen and oxygen atoms in total. The van der Waals surface area contributed by atoms with Crippen molar-refractivity contribution < 1.29 is 13.2 Å². The number of nitrogens with zero attached hydrogens (tertiary/aromatic N) is 4. The molecule has 2 fully saturated rings. The van der Waals surface area contributed by atoms with Crippen molar-refractivity contribution in [2.75, 3.05) is 37.8 Å². The summed E-state index contributed by atoms with van der Waals surface area (Å²) in [6.45, 7) is 3.29. The summed E-state index contributed by atoms with van der Waals surface area (Å²) < 4.78 is 42.2. The minimum Gasteiger partial charge on any atom is -0.379 e. The molecule has 3 heterocycles. The predicted octanol–water partition coefficient (Wildman–Crippen LogP) is 6.03. The van der Waals surface area contributed by atoms with Crippen LogP contribution in [0.3, 0.4) is 0 Å². The molecule has 1 saturated heterocycles. The maximum Gasteiger partial charge on any atom is 0.433 e. The predicted molar refractivity (Wildman–Crippen MR) is 142 cm³/mol. The smallest absolute Gasteiger partial charge is 0.379 e. The van der Waals surface area contributed by atoms with Gasteiger partial charge in [-0.25, -0.2) is 0 Å². The zero-order chi connectivity index (χ0) is 25.7. The van der Waals surface area contributed by atoms with E-state index in [2.05, 4.69) is 60.6 Å². The van der Waals surface area contributed by atoms with Gasteiger partial charge in [0, 0.05) is 48.4 Å². The highest BCUT2D eigenvalue weighted by Gasteiger charge is 2.60. The number of benzene rings is 1. The minimum atomic E-state index is -4.71. The van der Waals surface area contributed by atoms with Gasteiger partial charge in [0.1, 0.15) is 5.71 Å². The number of fused-ring (bicyclic) bond motifs is 1. The first kappa shape index (κ1) is 25.7. The van der Waals surface area contributed by atoms with Crippen molar-refractivity contribution in [2.45, 2.75) is 29.6 Å². The zero-order valence-electron chi connectivity index (χ0n) is 19.8. The fourth-order valence-corrected chi connectivity index (χ4v) is 7.26. The van der Waals surface area contributed by atoms with Crippen molar-refractivity contribution in [3.05, 3.63) is 45.9 Å². The molecule has 1 aliphatic heterocycles. The summed E-state index contributed by atoms with van der Waals surface area (Å²) >= 11 is 6.27. The van der Waals surface area contributed by atoms with E-state index in [1.807, 2.05) is 11.6 Å². The van der Waals surface area contributed by atoms with Crippen LogP contribution in [0.1, 0.15) is 24.0 Å². The van der Waals surface area contributed by atoms with Crippen LogP contribution in [0.4, 0.5) is 18.2 Å². The first-order valence-electron chi connectivity index (χ1n) is 11.6. The number of likely N-dealkylation sites (tertiary alicyclic amines) is 1. The molecule has 0 bridgehead atoms. The Balaban J connectivity index is 1.16. The molecule has 192 valence electrons. The van der Waals surface area contributed by atoms with Gasteiger partial charge in [-0.15, -0.1) is 21.5 Å². The Morgan fingerprint density at radius 1 is 1.31 bits per heavy atom. The molecule has 2 N–H and O–H groups in total. The number of rotatable bonds is 9. The number of alkyl halides is 3. The lowest BCUT2D eigenvalue weighted by Crippen LogP contribution is -2.27. The molecule has 2 unspecified atom stereocenters. The Morgan fingerprint density at radius 2 is 2.06 bits per heavy atom. The van der Waals surface area contributed by atoms with Crippen molar-refractivity contribution in [3.8, 4) is 10.7 Å². The van der Waals surface area contributed by atoms with Crippen molar-refractivity contribution in [2.24, 2.45) is 13.0 Å². The number of aromatic nitrogens is 3. The molecule has 2 aliphatic rings. The van der Waals surface area contributed by atoms with Crippen molar-refractivity contribution in [1.29, 1.82) is 5.41 Å². The second-order valence-corrected chi connectivity index (χ2v) is 12.4. The maximum atomic E-state index is 13.1. The van der Waals surface area contributed by atoms with Gasteiger partial charge in [0.2, 0.25) is 0 Å². The number of nitrogens with one attached hydrogen (secondary N) is 2. The van der Waals surface area contributed by atoms with Gasteiger partial charge >= 0.3 is 6.18 Å². The van der Waals surface area contributed by atoms with Crippen LogP contribution < -0.4 is 5.32 Å². The molecule has 3 aromatic rings. The highest BCUT2D eigenvalue weighted by molar-refractivity contribution is 9.10. The lowest BCUT2D eigenvalue weighted by Gasteiger charge is -2.21. The minimum absolute atomic E-state index is 0.174. The Hall–Kier alpha value is -1.89. The Kier molecular flexibility index (Phi) is 6.99. The number of thiophene rings is 1. The number of halogens is 4. The van der Waals surface area contributed by atoms with E-state index in [0.717, 1.165) is 58.7 Å². The van der Waals surface area contributed by atoms with Crippen LogP contribution in [-0.4, -0.2) is 64.0 Å². The fraction of sp³-hybridized carbons (Fsp3) is 0.458. The fourth-order valence-electron chi connectivity index (χ4n) is 5.12. The molecule has 0 radical (unpaired) electrons. The second-order valence-electron chi connectivity index (χ2n) is 9.34.